The molecule has 0 saturated heterocycles. The Bertz CT molecular complexity index is 659. The van der Waals surface area contributed by atoms with Crippen molar-refractivity contribution in [2.24, 2.45) is 7.05 Å². The summed E-state index contributed by atoms with van der Waals surface area (Å²) in [4.78, 5) is 17.3. The summed E-state index contributed by atoms with van der Waals surface area (Å²) in [6.07, 6.45) is -0.0313. The Kier molecular flexibility index (Phi) is 4.52. The molecule has 0 unspecified atom stereocenters. The molecule has 1 amide bonds. The number of alkyl halides is 2. The minimum Gasteiger partial charge on any atom is -0.336 e. The van der Waals surface area contributed by atoms with Gasteiger partial charge in [0.1, 0.15) is 5.15 Å². The lowest BCUT2D eigenvalue weighted by molar-refractivity contribution is 0.0769. The first-order chi connectivity index (χ1) is 9.91. The first-order valence-electron chi connectivity index (χ1n) is 6.06. The average molecular weight is 315 g/mol. The van der Waals surface area contributed by atoms with Gasteiger partial charge in [0, 0.05) is 26.5 Å². The second-order valence-electron chi connectivity index (χ2n) is 4.47. The van der Waals surface area contributed by atoms with Gasteiger partial charge in [0.05, 0.1) is 23.4 Å². The van der Waals surface area contributed by atoms with Gasteiger partial charge >= 0.3 is 0 Å². The zero-order chi connectivity index (χ0) is 15.6. The Morgan fingerprint density at radius 1 is 1.43 bits per heavy atom. The van der Waals surface area contributed by atoms with Crippen LogP contribution >= 0.6 is 11.6 Å². The molecule has 5 nitrogen and oxygen atoms in total. The summed E-state index contributed by atoms with van der Waals surface area (Å²) >= 11 is 5.67. The van der Waals surface area contributed by atoms with Gasteiger partial charge in [0.25, 0.3) is 12.3 Å². The highest BCUT2D eigenvalue weighted by molar-refractivity contribution is 6.30. The van der Waals surface area contributed by atoms with Crippen LogP contribution in [0.15, 0.2) is 24.5 Å². The maximum absolute atomic E-state index is 13.0. The standard InChI is InChI=1S/C13H13ClF2N4O/c1-19(7-8-3-6-18-20(8)2)13(21)9-4-5-17-11(14)10(9)12(15)16/h3-6,12H,7H2,1-2H3. The molecule has 0 aliphatic carbocycles. The van der Waals surface area contributed by atoms with E-state index in [2.05, 4.69) is 10.1 Å². The van der Waals surface area contributed by atoms with Crippen molar-refractivity contribution >= 4 is 17.5 Å². The molecule has 112 valence electrons. The Hall–Kier alpha value is -2.02. The molecule has 2 heterocycles. The molecule has 0 aromatic carbocycles. The summed E-state index contributed by atoms with van der Waals surface area (Å²) in [7, 11) is 3.26. The number of aromatic nitrogens is 3. The molecule has 8 heteroatoms. The molecule has 0 N–H and O–H groups in total. The Morgan fingerprint density at radius 2 is 2.14 bits per heavy atom. The number of carbonyl (C=O) groups excluding carboxylic acids is 1. The highest BCUT2D eigenvalue weighted by atomic mass is 35.5. The highest BCUT2D eigenvalue weighted by Gasteiger charge is 2.24. The molecule has 0 saturated carbocycles. The summed E-state index contributed by atoms with van der Waals surface area (Å²) in [5.41, 5.74) is 0.0975. The Balaban J connectivity index is 2.28. The van der Waals surface area contributed by atoms with Crippen LogP contribution in [-0.4, -0.2) is 32.6 Å². The molecular formula is C13H13ClF2N4O. The van der Waals surface area contributed by atoms with Gasteiger partial charge in [-0.2, -0.15) is 5.10 Å². The third kappa shape index (κ3) is 3.18. The molecule has 0 fully saturated rings. The zero-order valence-corrected chi connectivity index (χ0v) is 12.2. The maximum atomic E-state index is 13.0. The van der Waals surface area contributed by atoms with Crippen molar-refractivity contribution in [2.75, 3.05) is 7.05 Å². The van der Waals surface area contributed by atoms with E-state index in [4.69, 9.17) is 11.6 Å². The van der Waals surface area contributed by atoms with Gasteiger partial charge in [-0.25, -0.2) is 13.8 Å². The van der Waals surface area contributed by atoms with E-state index >= 15 is 0 Å². The van der Waals surface area contributed by atoms with Crippen LogP contribution in [-0.2, 0) is 13.6 Å². The quantitative estimate of drug-likeness (QED) is 0.815. The second-order valence-corrected chi connectivity index (χ2v) is 4.83. The van der Waals surface area contributed by atoms with E-state index in [-0.39, 0.29) is 17.3 Å². The first kappa shape index (κ1) is 15.4. The normalized spacial score (nSPS) is 11.0. The summed E-state index contributed by atoms with van der Waals surface area (Å²) in [6, 6.07) is 2.99. The molecule has 2 rings (SSSR count). The maximum Gasteiger partial charge on any atom is 0.267 e. The van der Waals surface area contributed by atoms with Crippen LogP contribution in [0.2, 0.25) is 5.15 Å². The van der Waals surface area contributed by atoms with E-state index in [1.807, 2.05) is 0 Å². The highest BCUT2D eigenvalue weighted by Crippen LogP contribution is 2.29. The van der Waals surface area contributed by atoms with E-state index in [9.17, 15) is 13.6 Å². The van der Waals surface area contributed by atoms with E-state index < -0.39 is 17.9 Å². The number of nitrogens with zero attached hydrogens (tertiary/aromatic N) is 4. The number of halogens is 3. The van der Waals surface area contributed by atoms with Gasteiger partial charge in [-0.3, -0.25) is 9.48 Å². The lowest BCUT2D eigenvalue weighted by Crippen LogP contribution is -2.28. The largest absolute Gasteiger partial charge is 0.336 e. The van der Waals surface area contributed by atoms with Crippen molar-refractivity contribution < 1.29 is 13.6 Å². The van der Waals surface area contributed by atoms with Crippen LogP contribution in [0.1, 0.15) is 28.0 Å². The first-order valence-corrected chi connectivity index (χ1v) is 6.44. The second kappa shape index (κ2) is 6.17. The number of pyridine rings is 1. The molecule has 2 aromatic heterocycles. The molecular weight excluding hydrogens is 302 g/mol. The van der Waals surface area contributed by atoms with Gasteiger partial charge in [0.15, 0.2) is 0 Å². The molecule has 0 spiro atoms. The van der Waals surface area contributed by atoms with E-state index in [1.165, 1.54) is 24.2 Å². The van der Waals surface area contributed by atoms with Crippen molar-refractivity contribution in [2.45, 2.75) is 13.0 Å². The van der Waals surface area contributed by atoms with Crippen molar-refractivity contribution in [1.29, 1.82) is 0 Å². The van der Waals surface area contributed by atoms with Crippen LogP contribution < -0.4 is 0 Å². The van der Waals surface area contributed by atoms with Gasteiger partial charge in [-0.15, -0.1) is 0 Å². The van der Waals surface area contributed by atoms with E-state index in [0.29, 0.717) is 0 Å². The van der Waals surface area contributed by atoms with Crippen LogP contribution in [0.4, 0.5) is 8.78 Å². The van der Waals surface area contributed by atoms with Crippen molar-refractivity contribution in [3.05, 3.63) is 46.5 Å². The number of rotatable bonds is 4. The predicted molar refractivity (Wildman–Crippen MR) is 73.2 cm³/mol. The number of hydrogen-bond donors (Lipinski definition) is 0. The average Bonchev–Trinajstić information content (AvgIpc) is 2.82. The molecule has 0 radical (unpaired) electrons. The lowest BCUT2D eigenvalue weighted by Gasteiger charge is -2.19. The molecule has 0 bridgehead atoms. The topological polar surface area (TPSA) is 51.0 Å². The third-order valence-corrected chi connectivity index (χ3v) is 3.36. The summed E-state index contributed by atoms with van der Waals surface area (Å²) < 4.78 is 27.7. The fraction of sp³-hybridized carbons (Fsp3) is 0.308. The molecule has 2 aromatic rings. The number of aryl methyl sites for hydroxylation is 1. The van der Waals surface area contributed by atoms with Crippen molar-refractivity contribution in [1.82, 2.24) is 19.7 Å². The predicted octanol–water partition coefficient (Wildman–Crippen LogP) is 2.68. The summed E-state index contributed by atoms with van der Waals surface area (Å²) in [5.74, 6) is -0.546. The summed E-state index contributed by atoms with van der Waals surface area (Å²) in [6.45, 7) is 0.248. The monoisotopic (exact) mass is 314 g/mol. The van der Waals surface area contributed by atoms with Crippen LogP contribution in [0, 0.1) is 0 Å². The van der Waals surface area contributed by atoms with Crippen LogP contribution in [0.3, 0.4) is 0 Å². The van der Waals surface area contributed by atoms with Crippen LogP contribution in [0.25, 0.3) is 0 Å². The zero-order valence-electron chi connectivity index (χ0n) is 11.4. The van der Waals surface area contributed by atoms with E-state index in [0.717, 1.165) is 5.69 Å². The SMILES string of the molecule is CN(Cc1ccnn1C)C(=O)c1ccnc(Cl)c1C(F)F. The van der Waals surface area contributed by atoms with Crippen molar-refractivity contribution in [3.8, 4) is 0 Å². The number of carbonyl (C=O) groups is 1. The lowest BCUT2D eigenvalue weighted by atomic mass is 10.1. The molecule has 0 atom stereocenters. The van der Waals surface area contributed by atoms with Gasteiger partial charge in [-0.05, 0) is 12.1 Å². The smallest absolute Gasteiger partial charge is 0.267 e. The fourth-order valence-electron chi connectivity index (χ4n) is 1.92. The third-order valence-electron chi connectivity index (χ3n) is 3.06. The van der Waals surface area contributed by atoms with Gasteiger partial charge < -0.3 is 4.90 Å². The van der Waals surface area contributed by atoms with Crippen molar-refractivity contribution in [3.63, 3.8) is 0 Å². The van der Waals surface area contributed by atoms with E-state index in [1.54, 1.807) is 24.0 Å². The minimum absolute atomic E-state index is 0.144. The summed E-state index contributed by atoms with van der Waals surface area (Å²) in [5, 5.41) is 3.63. The Labute approximate surface area is 125 Å². The fourth-order valence-corrected chi connectivity index (χ4v) is 2.16. The minimum atomic E-state index is -2.87. The number of hydrogen-bond acceptors (Lipinski definition) is 3. The van der Waals surface area contributed by atoms with Gasteiger partial charge in [0.2, 0.25) is 0 Å². The van der Waals surface area contributed by atoms with Crippen LogP contribution in [0.5, 0.6) is 0 Å². The number of amides is 1. The van der Waals surface area contributed by atoms with Gasteiger partial charge in [-0.1, -0.05) is 11.6 Å². The molecule has 21 heavy (non-hydrogen) atoms. The molecule has 0 aliphatic heterocycles. The molecule has 0 aliphatic rings. The Morgan fingerprint density at radius 3 is 2.71 bits per heavy atom.